The number of aromatic nitrogens is 1. The summed E-state index contributed by atoms with van der Waals surface area (Å²) in [4.78, 5) is 21.6. The van der Waals surface area contributed by atoms with Crippen LogP contribution < -0.4 is 4.90 Å². The van der Waals surface area contributed by atoms with Gasteiger partial charge in [-0.05, 0) is 48.9 Å². The average Bonchev–Trinajstić information content (AvgIpc) is 3.29. The predicted molar refractivity (Wildman–Crippen MR) is 108 cm³/mol. The lowest BCUT2D eigenvalue weighted by Gasteiger charge is -2.49. The molecule has 0 aliphatic carbocycles. The minimum atomic E-state index is -0.209. The third-order valence-electron chi connectivity index (χ3n) is 6.69. The van der Waals surface area contributed by atoms with Gasteiger partial charge in [0.15, 0.2) is 0 Å². The molecule has 5 heteroatoms. The van der Waals surface area contributed by atoms with Crippen molar-refractivity contribution in [2.45, 2.75) is 43.7 Å². The van der Waals surface area contributed by atoms with E-state index in [1.54, 1.807) is 0 Å². The molecule has 0 unspecified atom stereocenters. The molecule has 3 aliphatic heterocycles. The maximum absolute atomic E-state index is 12.8. The van der Waals surface area contributed by atoms with Crippen LogP contribution in [-0.4, -0.2) is 48.1 Å². The number of carbonyl (C=O) groups is 1. The van der Waals surface area contributed by atoms with Gasteiger partial charge in [0.05, 0.1) is 11.9 Å². The largest absolute Gasteiger partial charge is 0.368 e. The highest BCUT2D eigenvalue weighted by atomic mass is 16.5. The highest BCUT2D eigenvalue weighted by molar-refractivity contribution is 5.81. The molecule has 2 saturated heterocycles. The van der Waals surface area contributed by atoms with E-state index in [4.69, 9.17) is 4.74 Å². The highest BCUT2D eigenvalue weighted by Crippen LogP contribution is 2.43. The Morgan fingerprint density at radius 1 is 1.14 bits per heavy atom. The molecule has 2 aromatic rings. The number of hydrogen-bond donors (Lipinski definition) is 0. The fourth-order valence-corrected chi connectivity index (χ4v) is 5.17. The van der Waals surface area contributed by atoms with Crippen LogP contribution in [0.25, 0.3) is 0 Å². The van der Waals surface area contributed by atoms with E-state index in [-0.39, 0.29) is 17.4 Å². The van der Waals surface area contributed by atoms with Crippen molar-refractivity contribution in [2.75, 3.05) is 31.1 Å². The van der Waals surface area contributed by atoms with E-state index in [9.17, 15) is 4.79 Å². The number of anilines is 1. The standard InChI is InChI=1S/C23H27N3O2/c27-22(21-8-4-14-28-21)25-12-9-23(10-13-25)17-26(19-6-3-11-24-15-19)16-18-5-1-2-7-20(18)23/h1-3,5-7,11,15,21H,4,8-10,12-14,16-17H2/t21-/m0/s1. The normalized spacial score (nSPS) is 23.6. The number of likely N-dealkylation sites (tertiary alicyclic amines) is 1. The first kappa shape index (κ1) is 17.7. The van der Waals surface area contributed by atoms with Gasteiger partial charge in [-0.1, -0.05) is 24.3 Å². The van der Waals surface area contributed by atoms with Crippen molar-refractivity contribution in [1.82, 2.24) is 9.88 Å². The number of fused-ring (bicyclic) bond motifs is 2. The van der Waals surface area contributed by atoms with Gasteiger partial charge in [0, 0.05) is 44.4 Å². The molecule has 0 radical (unpaired) electrons. The Morgan fingerprint density at radius 3 is 2.75 bits per heavy atom. The summed E-state index contributed by atoms with van der Waals surface area (Å²) in [5.41, 5.74) is 4.14. The SMILES string of the molecule is O=C([C@@H]1CCCO1)N1CCC2(CC1)CN(c1cccnc1)Cc1ccccc12. The van der Waals surface area contributed by atoms with Crippen LogP contribution in [0.1, 0.15) is 36.8 Å². The summed E-state index contributed by atoms with van der Waals surface area (Å²) >= 11 is 0. The van der Waals surface area contributed by atoms with Crippen LogP contribution in [0.4, 0.5) is 5.69 Å². The quantitative estimate of drug-likeness (QED) is 0.807. The number of pyridine rings is 1. The molecule has 5 nitrogen and oxygen atoms in total. The van der Waals surface area contributed by atoms with E-state index >= 15 is 0 Å². The maximum atomic E-state index is 12.8. The lowest BCUT2D eigenvalue weighted by Crippen LogP contribution is -2.54. The minimum absolute atomic E-state index is 0.0952. The summed E-state index contributed by atoms with van der Waals surface area (Å²) < 4.78 is 5.63. The van der Waals surface area contributed by atoms with Gasteiger partial charge in [-0.25, -0.2) is 0 Å². The molecule has 146 valence electrons. The zero-order valence-electron chi connectivity index (χ0n) is 16.2. The van der Waals surface area contributed by atoms with Gasteiger partial charge in [0.1, 0.15) is 6.10 Å². The first-order valence-electron chi connectivity index (χ1n) is 10.4. The van der Waals surface area contributed by atoms with Gasteiger partial charge in [0.25, 0.3) is 5.91 Å². The number of carbonyl (C=O) groups excluding carboxylic acids is 1. The third-order valence-corrected chi connectivity index (χ3v) is 6.69. The lowest BCUT2D eigenvalue weighted by atomic mass is 9.68. The van der Waals surface area contributed by atoms with Crippen LogP contribution in [0.5, 0.6) is 0 Å². The van der Waals surface area contributed by atoms with E-state index in [1.165, 1.54) is 16.8 Å². The Balaban J connectivity index is 1.39. The minimum Gasteiger partial charge on any atom is -0.368 e. The highest BCUT2D eigenvalue weighted by Gasteiger charge is 2.43. The van der Waals surface area contributed by atoms with Crippen molar-refractivity contribution in [3.63, 3.8) is 0 Å². The summed E-state index contributed by atoms with van der Waals surface area (Å²) in [6, 6.07) is 13.0. The van der Waals surface area contributed by atoms with Crippen LogP contribution in [0.3, 0.4) is 0 Å². The van der Waals surface area contributed by atoms with Gasteiger partial charge in [-0.2, -0.15) is 0 Å². The Kier molecular flexibility index (Phi) is 4.55. The predicted octanol–water partition coefficient (Wildman–Crippen LogP) is 3.14. The second-order valence-electron chi connectivity index (χ2n) is 8.33. The molecular weight excluding hydrogens is 350 g/mol. The smallest absolute Gasteiger partial charge is 0.251 e. The van der Waals surface area contributed by atoms with Crippen molar-refractivity contribution >= 4 is 11.6 Å². The second kappa shape index (κ2) is 7.21. The maximum Gasteiger partial charge on any atom is 0.251 e. The van der Waals surface area contributed by atoms with E-state index in [0.717, 1.165) is 58.5 Å². The van der Waals surface area contributed by atoms with Crippen molar-refractivity contribution in [2.24, 2.45) is 0 Å². The molecule has 3 aliphatic rings. The van der Waals surface area contributed by atoms with Gasteiger partial charge < -0.3 is 14.5 Å². The number of ether oxygens (including phenoxy) is 1. The number of benzene rings is 1. The van der Waals surface area contributed by atoms with Crippen LogP contribution in [-0.2, 0) is 21.5 Å². The molecular formula is C23H27N3O2. The Bertz CT molecular complexity index is 840. The summed E-state index contributed by atoms with van der Waals surface area (Å²) in [6.07, 6.45) is 7.45. The van der Waals surface area contributed by atoms with E-state index in [2.05, 4.69) is 40.2 Å². The molecule has 1 spiro atoms. The fraction of sp³-hybridized carbons (Fsp3) is 0.478. The first-order chi connectivity index (χ1) is 13.8. The molecule has 0 N–H and O–H groups in total. The van der Waals surface area contributed by atoms with Crippen LogP contribution >= 0.6 is 0 Å². The topological polar surface area (TPSA) is 45.7 Å². The van der Waals surface area contributed by atoms with Crippen LogP contribution in [0.15, 0.2) is 48.8 Å². The monoisotopic (exact) mass is 377 g/mol. The molecule has 1 atom stereocenters. The Morgan fingerprint density at radius 2 is 2.00 bits per heavy atom. The van der Waals surface area contributed by atoms with Gasteiger partial charge in [-0.3, -0.25) is 9.78 Å². The van der Waals surface area contributed by atoms with Gasteiger partial charge >= 0.3 is 0 Å². The van der Waals surface area contributed by atoms with Gasteiger partial charge in [0.2, 0.25) is 0 Å². The Labute approximate surface area is 166 Å². The van der Waals surface area contributed by atoms with E-state index in [1.807, 2.05) is 23.4 Å². The fourth-order valence-electron chi connectivity index (χ4n) is 5.17. The van der Waals surface area contributed by atoms with E-state index < -0.39 is 0 Å². The summed E-state index contributed by atoms with van der Waals surface area (Å²) in [7, 11) is 0. The number of rotatable bonds is 2. The summed E-state index contributed by atoms with van der Waals surface area (Å²) in [5.74, 6) is 0.195. The summed E-state index contributed by atoms with van der Waals surface area (Å²) in [6.45, 7) is 4.25. The summed E-state index contributed by atoms with van der Waals surface area (Å²) in [5, 5.41) is 0. The zero-order valence-corrected chi connectivity index (χ0v) is 16.2. The average molecular weight is 377 g/mol. The van der Waals surface area contributed by atoms with Crippen molar-refractivity contribution < 1.29 is 9.53 Å². The molecule has 1 aromatic carbocycles. The van der Waals surface area contributed by atoms with Crippen LogP contribution in [0.2, 0.25) is 0 Å². The van der Waals surface area contributed by atoms with Gasteiger partial charge in [-0.15, -0.1) is 0 Å². The molecule has 1 aromatic heterocycles. The molecule has 2 fully saturated rings. The lowest BCUT2D eigenvalue weighted by molar-refractivity contribution is -0.142. The number of hydrogen-bond acceptors (Lipinski definition) is 4. The van der Waals surface area contributed by atoms with Crippen LogP contribution in [0, 0.1) is 0 Å². The first-order valence-corrected chi connectivity index (χ1v) is 10.4. The third kappa shape index (κ3) is 3.08. The number of nitrogens with zero attached hydrogens (tertiary/aromatic N) is 3. The van der Waals surface area contributed by atoms with E-state index in [0.29, 0.717) is 0 Å². The van der Waals surface area contributed by atoms with Crippen molar-refractivity contribution in [1.29, 1.82) is 0 Å². The number of piperidine rings is 1. The second-order valence-corrected chi connectivity index (χ2v) is 8.33. The zero-order chi connectivity index (χ0) is 19.0. The molecule has 5 rings (SSSR count). The molecule has 1 amide bonds. The van der Waals surface area contributed by atoms with Crippen molar-refractivity contribution in [3.05, 3.63) is 59.9 Å². The van der Waals surface area contributed by atoms with Crippen molar-refractivity contribution in [3.8, 4) is 0 Å². The Hall–Kier alpha value is -2.40. The molecule has 4 heterocycles. The number of amides is 1. The molecule has 0 bridgehead atoms. The molecule has 0 saturated carbocycles. The molecule has 28 heavy (non-hydrogen) atoms.